The SMILES string of the molecule is COCC1CCN1Cc1cn2c(Nc3cc([C@H]4OC[C@@H](OC(=O)NC5(C)CC5)[C@@H]4F)[nH]n3)nccc2n1. The Labute approximate surface area is 212 Å². The summed E-state index contributed by atoms with van der Waals surface area (Å²) in [5.74, 6) is 0.981. The van der Waals surface area contributed by atoms with Crippen LogP contribution in [-0.4, -0.2) is 86.3 Å². The molecular formula is C24H31FN8O4. The number of fused-ring (bicyclic) bond motifs is 1. The number of alkyl carbamates (subject to hydrolysis) is 1. The van der Waals surface area contributed by atoms with Crippen molar-refractivity contribution < 1.29 is 23.4 Å². The van der Waals surface area contributed by atoms with Gasteiger partial charge in [-0.3, -0.25) is 14.4 Å². The van der Waals surface area contributed by atoms with Crippen LogP contribution in [0, 0.1) is 0 Å². The van der Waals surface area contributed by atoms with Gasteiger partial charge < -0.3 is 24.8 Å². The maximum atomic E-state index is 15.1. The molecule has 1 saturated carbocycles. The number of amides is 1. The van der Waals surface area contributed by atoms with Crippen molar-refractivity contribution in [2.24, 2.45) is 0 Å². The molecule has 6 rings (SSSR count). The van der Waals surface area contributed by atoms with Crippen LogP contribution < -0.4 is 10.6 Å². The van der Waals surface area contributed by atoms with Crippen LogP contribution in [0.1, 0.15) is 43.7 Å². The minimum atomic E-state index is -1.52. The van der Waals surface area contributed by atoms with E-state index in [1.165, 1.54) is 0 Å². The summed E-state index contributed by atoms with van der Waals surface area (Å²) in [7, 11) is 1.72. The molecule has 0 bridgehead atoms. The molecule has 198 valence electrons. The number of carbonyl (C=O) groups excluding carboxylic acids is 1. The molecule has 3 aromatic rings. The number of rotatable bonds is 9. The number of H-pyrrole nitrogens is 1. The number of likely N-dealkylation sites (tertiary alicyclic amines) is 1. The van der Waals surface area contributed by atoms with Gasteiger partial charge in [0.15, 0.2) is 18.1 Å². The van der Waals surface area contributed by atoms with Crippen LogP contribution in [0.5, 0.6) is 0 Å². The van der Waals surface area contributed by atoms with E-state index in [1.807, 2.05) is 23.6 Å². The molecular weight excluding hydrogens is 483 g/mol. The highest BCUT2D eigenvalue weighted by atomic mass is 19.1. The lowest BCUT2D eigenvalue weighted by Crippen LogP contribution is -2.49. The van der Waals surface area contributed by atoms with Gasteiger partial charge in [-0.25, -0.2) is 19.2 Å². The maximum absolute atomic E-state index is 15.1. The summed E-state index contributed by atoms with van der Waals surface area (Å²) in [4.78, 5) is 23.6. The molecule has 3 aromatic heterocycles. The summed E-state index contributed by atoms with van der Waals surface area (Å²) in [5.41, 5.74) is 1.90. The smallest absolute Gasteiger partial charge is 0.408 e. The molecule has 1 unspecified atom stereocenters. The van der Waals surface area contributed by atoms with Gasteiger partial charge in [-0.2, -0.15) is 5.10 Å². The number of nitrogens with zero attached hydrogens (tertiary/aromatic N) is 5. The zero-order valence-corrected chi connectivity index (χ0v) is 20.8. The van der Waals surface area contributed by atoms with Crippen LogP contribution >= 0.6 is 0 Å². The second-order valence-electron chi connectivity index (χ2n) is 10.3. The lowest BCUT2D eigenvalue weighted by Gasteiger charge is -2.40. The lowest BCUT2D eigenvalue weighted by molar-refractivity contribution is 0.0171. The molecule has 1 amide bonds. The van der Waals surface area contributed by atoms with E-state index in [-0.39, 0.29) is 12.1 Å². The number of aromatic nitrogens is 5. The first-order chi connectivity index (χ1) is 17.9. The number of hydrogen-bond donors (Lipinski definition) is 3. The van der Waals surface area contributed by atoms with Gasteiger partial charge in [0.25, 0.3) is 0 Å². The Balaban J connectivity index is 1.10. The Kier molecular flexibility index (Phi) is 6.21. The van der Waals surface area contributed by atoms with Crippen LogP contribution in [0.15, 0.2) is 24.5 Å². The summed E-state index contributed by atoms with van der Waals surface area (Å²) >= 11 is 0. The Morgan fingerprint density at radius 3 is 3.03 bits per heavy atom. The normalized spacial score (nSPS) is 26.7. The largest absolute Gasteiger partial charge is 0.441 e. The number of imidazole rings is 1. The fourth-order valence-corrected chi connectivity index (χ4v) is 4.75. The lowest BCUT2D eigenvalue weighted by atomic mass is 10.0. The van der Waals surface area contributed by atoms with Crippen molar-refractivity contribution in [2.75, 3.05) is 32.2 Å². The molecule has 5 heterocycles. The quantitative estimate of drug-likeness (QED) is 0.394. The van der Waals surface area contributed by atoms with Crippen molar-refractivity contribution in [3.63, 3.8) is 0 Å². The number of hydrogen-bond acceptors (Lipinski definition) is 9. The van der Waals surface area contributed by atoms with E-state index in [4.69, 9.17) is 19.2 Å². The fraction of sp³-hybridized carbons (Fsp3) is 0.583. The van der Waals surface area contributed by atoms with Crippen molar-refractivity contribution in [3.8, 4) is 0 Å². The van der Waals surface area contributed by atoms with Gasteiger partial charge in [0, 0.05) is 50.2 Å². The zero-order valence-electron chi connectivity index (χ0n) is 20.8. The highest BCUT2D eigenvalue weighted by Gasteiger charge is 2.44. The first kappa shape index (κ1) is 24.1. The average molecular weight is 515 g/mol. The molecule has 3 fully saturated rings. The number of methoxy groups -OCH3 is 1. The molecule has 2 saturated heterocycles. The third kappa shape index (κ3) is 4.98. The number of halogens is 1. The molecule has 3 N–H and O–H groups in total. The van der Waals surface area contributed by atoms with E-state index < -0.39 is 24.5 Å². The Bertz CT molecular complexity index is 1280. The van der Waals surface area contributed by atoms with Crippen LogP contribution in [0.25, 0.3) is 5.65 Å². The molecule has 0 aromatic carbocycles. The first-order valence-electron chi connectivity index (χ1n) is 12.5. The molecule has 12 nitrogen and oxygen atoms in total. The van der Waals surface area contributed by atoms with Crippen LogP contribution in [0.4, 0.5) is 21.0 Å². The maximum Gasteiger partial charge on any atom is 0.408 e. The molecule has 13 heteroatoms. The third-order valence-electron chi connectivity index (χ3n) is 7.31. The van der Waals surface area contributed by atoms with E-state index in [2.05, 4.69) is 30.7 Å². The van der Waals surface area contributed by atoms with E-state index in [1.54, 1.807) is 19.4 Å². The van der Waals surface area contributed by atoms with Crippen molar-refractivity contribution in [1.82, 2.24) is 34.8 Å². The van der Waals surface area contributed by atoms with Gasteiger partial charge in [-0.15, -0.1) is 0 Å². The van der Waals surface area contributed by atoms with Gasteiger partial charge in [0.1, 0.15) is 11.8 Å². The number of carbonyl (C=O) groups is 1. The predicted molar refractivity (Wildman–Crippen MR) is 130 cm³/mol. The molecule has 1 aliphatic carbocycles. The number of nitrogens with one attached hydrogen (secondary N) is 3. The third-order valence-corrected chi connectivity index (χ3v) is 7.31. The molecule has 0 spiro atoms. The Morgan fingerprint density at radius 2 is 2.27 bits per heavy atom. The molecule has 0 radical (unpaired) electrons. The summed E-state index contributed by atoms with van der Waals surface area (Å²) in [6, 6.07) is 3.93. The van der Waals surface area contributed by atoms with Gasteiger partial charge in [-0.05, 0) is 32.3 Å². The standard InChI is InChI=1S/C24H31FN8O4/c1-24(5-6-24)29-23(34)37-17-13-36-21(20(17)25)16-9-18(31-30-16)28-22-26-7-3-19-27-14(11-33(19)22)10-32-8-4-15(32)12-35-2/h3,7,9,11,15,17,20-21H,4-6,8,10,12-13H2,1-2H3,(H,29,34)(H2,26,28,30,31)/t15?,17-,20+,21-/m1/s1. The van der Waals surface area contributed by atoms with Crippen molar-refractivity contribution in [2.45, 2.75) is 62.7 Å². The second-order valence-corrected chi connectivity index (χ2v) is 10.3. The van der Waals surface area contributed by atoms with Crippen molar-refractivity contribution >= 4 is 23.5 Å². The van der Waals surface area contributed by atoms with Crippen LogP contribution in [0.2, 0.25) is 0 Å². The highest BCUT2D eigenvalue weighted by molar-refractivity contribution is 5.69. The number of ether oxygens (including phenoxy) is 3. The molecule has 4 atom stereocenters. The average Bonchev–Trinajstić information content (AvgIpc) is 3.22. The highest BCUT2D eigenvalue weighted by Crippen LogP contribution is 2.36. The van der Waals surface area contributed by atoms with Gasteiger partial charge in [0.2, 0.25) is 5.95 Å². The Hall–Kier alpha value is -3.29. The summed E-state index contributed by atoms with van der Waals surface area (Å²) in [5, 5.41) is 13.0. The van der Waals surface area contributed by atoms with E-state index in [0.29, 0.717) is 30.1 Å². The van der Waals surface area contributed by atoms with Gasteiger partial charge in [-0.1, -0.05) is 0 Å². The van der Waals surface area contributed by atoms with Gasteiger partial charge >= 0.3 is 6.09 Å². The Morgan fingerprint density at radius 1 is 1.41 bits per heavy atom. The van der Waals surface area contributed by atoms with Crippen LogP contribution in [0.3, 0.4) is 0 Å². The monoisotopic (exact) mass is 514 g/mol. The van der Waals surface area contributed by atoms with E-state index in [0.717, 1.165) is 43.7 Å². The van der Waals surface area contributed by atoms with Crippen molar-refractivity contribution in [1.29, 1.82) is 0 Å². The van der Waals surface area contributed by atoms with Crippen molar-refractivity contribution in [3.05, 3.63) is 35.9 Å². The predicted octanol–water partition coefficient (Wildman–Crippen LogP) is 2.47. The number of alkyl halides is 1. The summed E-state index contributed by atoms with van der Waals surface area (Å²) < 4.78 is 33.1. The molecule has 2 aliphatic heterocycles. The minimum absolute atomic E-state index is 0.0291. The van der Waals surface area contributed by atoms with Crippen LogP contribution in [-0.2, 0) is 20.8 Å². The fourth-order valence-electron chi connectivity index (χ4n) is 4.75. The first-order valence-corrected chi connectivity index (χ1v) is 12.5. The zero-order chi connectivity index (χ0) is 25.6. The summed E-state index contributed by atoms with van der Waals surface area (Å²) in [6.07, 6.45) is 2.49. The number of aromatic amines is 1. The van der Waals surface area contributed by atoms with E-state index in [9.17, 15) is 4.79 Å². The second kappa shape index (κ2) is 9.54. The molecule has 37 heavy (non-hydrogen) atoms. The number of anilines is 2. The van der Waals surface area contributed by atoms with Gasteiger partial charge in [0.05, 0.1) is 24.6 Å². The molecule has 3 aliphatic rings. The minimum Gasteiger partial charge on any atom is -0.441 e. The van der Waals surface area contributed by atoms with E-state index >= 15 is 4.39 Å². The summed E-state index contributed by atoms with van der Waals surface area (Å²) in [6.45, 7) is 4.37. The topological polar surface area (TPSA) is 131 Å².